The zero-order chi connectivity index (χ0) is 18.3. The van der Waals surface area contributed by atoms with Crippen molar-refractivity contribution in [2.24, 2.45) is 0 Å². The van der Waals surface area contributed by atoms with E-state index in [1.165, 1.54) is 11.5 Å². The first-order valence-corrected chi connectivity index (χ1v) is 9.59. The van der Waals surface area contributed by atoms with Crippen LogP contribution in [-0.2, 0) is 0 Å². The van der Waals surface area contributed by atoms with Crippen LogP contribution in [0.15, 0.2) is 52.3 Å². The minimum atomic E-state index is -0.311. The van der Waals surface area contributed by atoms with Crippen LogP contribution in [0.1, 0.15) is 43.6 Å². The second-order valence-corrected chi connectivity index (χ2v) is 7.48. The third-order valence-electron chi connectivity index (χ3n) is 4.40. The van der Waals surface area contributed by atoms with E-state index in [1.54, 1.807) is 17.5 Å². The highest BCUT2D eigenvalue weighted by Crippen LogP contribution is 2.37. The Morgan fingerprint density at radius 1 is 1.23 bits per heavy atom. The molecule has 0 aliphatic carbocycles. The molecule has 0 spiro atoms. The highest BCUT2D eigenvalue weighted by Gasteiger charge is 2.33. The van der Waals surface area contributed by atoms with Gasteiger partial charge in [-0.15, -0.1) is 0 Å². The van der Waals surface area contributed by atoms with E-state index in [4.69, 9.17) is 0 Å². The van der Waals surface area contributed by atoms with E-state index in [9.17, 15) is 9.59 Å². The van der Waals surface area contributed by atoms with E-state index in [2.05, 4.69) is 30.9 Å². The summed E-state index contributed by atoms with van der Waals surface area (Å²) in [6.45, 7) is 2.01. The summed E-state index contributed by atoms with van der Waals surface area (Å²) in [7, 11) is 0. The Bertz CT molecular complexity index is 1030. The van der Waals surface area contributed by atoms with Crippen LogP contribution >= 0.6 is 27.5 Å². The van der Waals surface area contributed by atoms with E-state index in [0.29, 0.717) is 21.4 Å². The van der Waals surface area contributed by atoms with Gasteiger partial charge in [-0.25, -0.2) is 0 Å². The van der Waals surface area contributed by atoms with Crippen LogP contribution < -0.4 is 10.6 Å². The van der Waals surface area contributed by atoms with E-state index in [0.717, 1.165) is 16.7 Å². The summed E-state index contributed by atoms with van der Waals surface area (Å²) in [4.78, 5) is 25.0. The van der Waals surface area contributed by atoms with Crippen molar-refractivity contribution in [2.75, 3.05) is 5.32 Å². The summed E-state index contributed by atoms with van der Waals surface area (Å²) < 4.78 is 4.76. The van der Waals surface area contributed by atoms with Gasteiger partial charge in [0.1, 0.15) is 0 Å². The Balaban J connectivity index is 1.77. The van der Waals surface area contributed by atoms with Crippen molar-refractivity contribution in [2.45, 2.75) is 13.0 Å². The average molecular weight is 428 g/mol. The van der Waals surface area contributed by atoms with Crippen molar-refractivity contribution in [1.29, 1.82) is 0 Å². The number of benzene rings is 2. The quantitative estimate of drug-likeness (QED) is 0.654. The smallest absolute Gasteiger partial charge is 0.276 e. The highest BCUT2D eigenvalue weighted by molar-refractivity contribution is 9.10. The number of aromatic nitrogens is 1. The Morgan fingerprint density at radius 3 is 2.77 bits per heavy atom. The number of carbonyl (C=O) groups excluding carboxylic acids is 2. The predicted molar refractivity (Wildman–Crippen MR) is 105 cm³/mol. The van der Waals surface area contributed by atoms with Crippen LogP contribution in [0.25, 0.3) is 0 Å². The molecule has 0 fully saturated rings. The molecule has 2 amide bonds. The van der Waals surface area contributed by atoms with Crippen LogP contribution in [0.2, 0.25) is 0 Å². The number of rotatable bonds is 3. The van der Waals surface area contributed by atoms with Crippen LogP contribution in [0.4, 0.5) is 5.69 Å². The molecule has 0 saturated heterocycles. The molecule has 1 aliphatic rings. The zero-order valence-corrected chi connectivity index (χ0v) is 16.1. The first-order valence-electron chi connectivity index (χ1n) is 7.97. The second-order valence-electron chi connectivity index (χ2n) is 6.00. The SMILES string of the molecule is Cc1ccccc1C1NC(=O)c2cccc(NC(=O)c3nscc3Br)c21. The summed E-state index contributed by atoms with van der Waals surface area (Å²) >= 11 is 4.54. The zero-order valence-electron chi connectivity index (χ0n) is 13.7. The number of halogens is 1. The van der Waals surface area contributed by atoms with Crippen molar-refractivity contribution >= 4 is 45.0 Å². The molecule has 0 saturated carbocycles. The maximum Gasteiger partial charge on any atom is 0.276 e. The van der Waals surface area contributed by atoms with E-state index in [-0.39, 0.29) is 17.9 Å². The molecule has 1 aliphatic heterocycles. The molecule has 2 heterocycles. The first-order chi connectivity index (χ1) is 12.6. The number of hydrogen-bond acceptors (Lipinski definition) is 4. The Labute approximate surface area is 162 Å². The Morgan fingerprint density at radius 2 is 2.04 bits per heavy atom. The van der Waals surface area contributed by atoms with Gasteiger partial charge in [0, 0.05) is 22.2 Å². The summed E-state index contributed by atoms with van der Waals surface area (Å²) in [6.07, 6.45) is 0. The van der Waals surface area contributed by atoms with E-state index >= 15 is 0 Å². The lowest BCUT2D eigenvalue weighted by atomic mass is 9.93. The van der Waals surface area contributed by atoms with Gasteiger partial charge >= 0.3 is 0 Å². The third kappa shape index (κ3) is 2.83. The Hall–Kier alpha value is -2.51. The summed E-state index contributed by atoms with van der Waals surface area (Å²) in [5.74, 6) is -0.450. The van der Waals surface area contributed by atoms with Crippen molar-refractivity contribution in [3.8, 4) is 0 Å². The first kappa shape index (κ1) is 16.9. The summed E-state index contributed by atoms with van der Waals surface area (Å²) in [5, 5.41) is 7.69. The molecule has 26 heavy (non-hydrogen) atoms. The molecule has 0 radical (unpaired) electrons. The number of hydrogen-bond donors (Lipinski definition) is 2. The standard InChI is InChI=1S/C19H14BrN3O2S/c1-10-5-2-3-6-11(10)16-15-12(18(24)22-16)7-4-8-14(15)21-19(25)17-13(20)9-26-23-17/h2-9,16H,1H3,(H,21,25)(H,22,24). The number of nitrogens with one attached hydrogen (secondary N) is 2. The average Bonchev–Trinajstić information content (AvgIpc) is 3.20. The van der Waals surface area contributed by atoms with Gasteiger partial charge in [0.2, 0.25) is 0 Å². The number of amides is 2. The topological polar surface area (TPSA) is 71.1 Å². The third-order valence-corrected chi connectivity index (χ3v) is 5.94. The fraction of sp³-hybridized carbons (Fsp3) is 0.105. The lowest BCUT2D eigenvalue weighted by Crippen LogP contribution is -2.21. The van der Waals surface area contributed by atoms with Crippen LogP contribution in [0, 0.1) is 6.92 Å². The van der Waals surface area contributed by atoms with Gasteiger partial charge in [0.15, 0.2) is 5.69 Å². The number of aryl methyl sites for hydroxylation is 1. The lowest BCUT2D eigenvalue weighted by molar-refractivity contribution is 0.0959. The molecule has 7 heteroatoms. The van der Waals surface area contributed by atoms with Crippen molar-refractivity contribution in [3.63, 3.8) is 0 Å². The molecule has 1 atom stereocenters. The molecule has 0 bridgehead atoms. The van der Waals surface area contributed by atoms with Gasteiger partial charge in [-0.2, -0.15) is 4.37 Å². The molecular weight excluding hydrogens is 414 g/mol. The predicted octanol–water partition coefficient (Wildman–Crippen LogP) is 4.30. The van der Waals surface area contributed by atoms with Gasteiger partial charge in [0.05, 0.1) is 10.5 Å². The highest BCUT2D eigenvalue weighted by atomic mass is 79.9. The van der Waals surface area contributed by atoms with Gasteiger partial charge in [-0.05, 0) is 57.6 Å². The molecule has 2 N–H and O–H groups in total. The molecule has 2 aromatic carbocycles. The maximum atomic E-state index is 12.6. The lowest BCUT2D eigenvalue weighted by Gasteiger charge is -2.18. The number of anilines is 1. The maximum absolute atomic E-state index is 12.6. The summed E-state index contributed by atoms with van der Waals surface area (Å²) in [6, 6.07) is 13.0. The number of fused-ring (bicyclic) bond motifs is 1. The molecule has 1 aromatic heterocycles. The number of nitrogens with zero attached hydrogens (tertiary/aromatic N) is 1. The van der Waals surface area contributed by atoms with Gasteiger partial charge < -0.3 is 10.6 Å². The van der Waals surface area contributed by atoms with Crippen LogP contribution in [0.3, 0.4) is 0 Å². The minimum absolute atomic E-state index is 0.140. The fourth-order valence-electron chi connectivity index (χ4n) is 3.16. The van der Waals surface area contributed by atoms with E-state index < -0.39 is 0 Å². The second kappa shape index (κ2) is 6.66. The molecule has 4 rings (SSSR count). The molecule has 3 aromatic rings. The van der Waals surface area contributed by atoms with E-state index in [1.807, 2.05) is 37.3 Å². The van der Waals surface area contributed by atoms with Gasteiger partial charge in [0.25, 0.3) is 11.8 Å². The molecule has 130 valence electrons. The van der Waals surface area contributed by atoms with Crippen LogP contribution in [-0.4, -0.2) is 16.2 Å². The molecule has 1 unspecified atom stereocenters. The normalized spacial score (nSPS) is 15.5. The van der Waals surface area contributed by atoms with Crippen molar-refractivity contribution in [1.82, 2.24) is 9.69 Å². The molecular formula is C19H14BrN3O2S. The molecule has 5 nitrogen and oxygen atoms in total. The summed E-state index contributed by atoms with van der Waals surface area (Å²) in [5.41, 5.74) is 4.39. The van der Waals surface area contributed by atoms with Crippen molar-refractivity contribution < 1.29 is 9.59 Å². The number of carbonyl (C=O) groups is 2. The van der Waals surface area contributed by atoms with Crippen molar-refractivity contribution in [3.05, 3.63) is 80.3 Å². The Kier molecular flexibility index (Phi) is 4.34. The fourth-order valence-corrected chi connectivity index (χ4v) is 4.34. The van der Waals surface area contributed by atoms with Crippen LogP contribution in [0.5, 0.6) is 0 Å². The minimum Gasteiger partial charge on any atom is -0.341 e. The largest absolute Gasteiger partial charge is 0.341 e. The monoisotopic (exact) mass is 427 g/mol. The van der Waals surface area contributed by atoms with Gasteiger partial charge in [-0.3, -0.25) is 9.59 Å². The van der Waals surface area contributed by atoms with Gasteiger partial charge in [-0.1, -0.05) is 30.3 Å².